The molecule has 0 fully saturated rings. The second-order valence-corrected chi connectivity index (χ2v) is 5.19. The Morgan fingerprint density at radius 1 is 1.08 bits per heavy atom. The van der Waals surface area contributed by atoms with E-state index in [0.717, 1.165) is 12.7 Å². The minimum atomic E-state index is -1.52. The van der Waals surface area contributed by atoms with Gasteiger partial charge in [0.05, 0.1) is 20.8 Å². The Bertz CT molecular complexity index is 732. The highest BCUT2D eigenvalue weighted by atomic mass is 16.5. The van der Waals surface area contributed by atoms with Crippen LogP contribution < -0.4 is 14.8 Å². The molecule has 0 spiro atoms. The fraction of sp³-hybridized carbons (Fsp3) is 0.222. The van der Waals surface area contributed by atoms with Gasteiger partial charge in [-0.3, -0.25) is 4.79 Å². The third-order valence-electron chi connectivity index (χ3n) is 3.65. The number of hydrogen-bond donors (Lipinski definition) is 1. The summed E-state index contributed by atoms with van der Waals surface area (Å²) in [6.07, 6.45) is 0. The van der Waals surface area contributed by atoms with Crippen molar-refractivity contribution in [2.75, 3.05) is 19.1 Å². The maximum Gasteiger partial charge on any atom is 0.384 e. The summed E-state index contributed by atoms with van der Waals surface area (Å²) in [6.45, 7) is 0.223. The molecule has 0 heterocycles. The molecule has 0 aliphatic heterocycles. The summed E-state index contributed by atoms with van der Waals surface area (Å²) in [5, 5.41) is 1.72. The Balaban J connectivity index is 2.38. The molecule has 1 N–H and O–H groups in total. The van der Waals surface area contributed by atoms with E-state index in [9.17, 15) is 15.1 Å². The van der Waals surface area contributed by atoms with E-state index >= 15 is 0 Å². The molecule has 0 radical (unpaired) electrons. The first kappa shape index (κ1) is 18.1. The highest BCUT2D eigenvalue weighted by Gasteiger charge is 2.35. The smallest absolute Gasteiger partial charge is 0.384 e. The lowest BCUT2D eigenvalue weighted by Gasteiger charge is -2.24. The first-order valence-corrected chi connectivity index (χ1v) is 7.57. The van der Waals surface area contributed by atoms with Gasteiger partial charge >= 0.3 is 17.9 Å². The van der Waals surface area contributed by atoms with Crippen LogP contribution in [0.2, 0.25) is 0 Å². The van der Waals surface area contributed by atoms with Gasteiger partial charge in [-0.15, -0.1) is 0 Å². The Morgan fingerprint density at radius 3 is 2.24 bits per heavy atom. The zero-order valence-corrected chi connectivity index (χ0v) is 14.0. The summed E-state index contributed by atoms with van der Waals surface area (Å²) in [6, 6.07) is 14.6. The van der Waals surface area contributed by atoms with Crippen molar-refractivity contribution in [1.82, 2.24) is 0 Å². The molecule has 2 aromatic carbocycles. The van der Waals surface area contributed by atoms with Crippen molar-refractivity contribution in [3.05, 3.63) is 65.7 Å². The number of esters is 1. The third-order valence-corrected chi connectivity index (χ3v) is 3.65. The number of hydrogen-bond acceptors (Lipinski definition) is 4. The minimum absolute atomic E-state index is 0.223. The first-order chi connectivity index (χ1) is 12.1. The molecule has 25 heavy (non-hydrogen) atoms. The molecule has 1 unspecified atom stereocenters. The van der Waals surface area contributed by atoms with Gasteiger partial charge in [0.1, 0.15) is 5.75 Å². The number of carbonyl (C=O) groups is 2. The minimum Gasteiger partial charge on any atom is -0.507 e. The average molecular weight is 341 g/mol. The molecule has 2 aromatic rings. The van der Waals surface area contributed by atoms with Gasteiger partial charge < -0.3 is 25.0 Å². The van der Waals surface area contributed by atoms with Crippen LogP contribution in [0.5, 0.6) is 5.75 Å². The maximum atomic E-state index is 12.8. The monoisotopic (exact) mass is 341 g/mol. The fourth-order valence-electron chi connectivity index (χ4n) is 2.31. The predicted molar refractivity (Wildman–Crippen MR) is 90.8 cm³/mol. The summed E-state index contributed by atoms with van der Waals surface area (Å²) in [5.41, 5.74) is 10.6. The Kier molecular flexibility index (Phi) is 6.22. The van der Waals surface area contributed by atoms with Gasteiger partial charge in [0.15, 0.2) is 0 Å². The summed E-state index contributed by atoms with van der Waals surface area (Å²) in [5.74, 6) is -0.872. The molecule has 130 valence electrons. The third kappa shape index (κ3) is 4.41. The van der Waals surface area contributed by atoms with Gasteiger partial charge in [-0.05, 0) is 29.8 Å². The van der Waals surface area contributed by atoms with Crippen LogP contribution in [0.4, 0.5) is 5.69 Å². The van der Waals surface area contributed by atoms with Crippen LogP contribution in [0.15, 0.2) is 54.6 Å². The SMILES string of the molecule is COC(=O)C([NH+]=[N-])C(=O)N(Cc1ccccc1)c1ccc(OC)cc1. The first-order valence-electron chi connectivity index (χ1n) is 7.57. The topological polar surface area (TPSA) is 92.1 Å². The zero-order valence-electron chi connectivity index (χ0n) is 14.0. The van der Waals surface area contributed by atoms with Gasteiger partial charge in [0.2, 0.25) is 0 Å². The molecular weight excluding hydrogens is 322 g/mol. The number of benzene rings is 2. The van der Waals surface area contributed by atoms with Gasteiger partial charge in [0.25, 0.3) is 0 Å². The molecule has 2 rings (SSSR count). The Hall–Kier alpha value is -3.22. The van der Waals surface area contributed by atoms with E-state index in [-0.39, 0.29) is 6.54 Å². The normalized spacial score (nSPS) is 11.3. The molecule has 0 aliphatic rings. The highest BCUT2D eigenvalue weighted by Crippen LogP contribution is 2.22. The summed E-state index contributed by atoms with van der Waals surface area (Å²) in [7, 11) is 2.69. The molecule has 1 amide bonds. The molecule has 0 bridgehead atoms. The number of methoxy groups -OCH3 is 2. The number of anilines is 1. The van der Waals surface area contributed by atoms with Crippen LogP contribution in [0.1, 0.15) is 5.56 Å². The molecule has 0 aliphatic carbocycles. The van der Waals surface area contributed by atoms with Crippen LogP contribution in [0.3, 0.4) is 0 Å². The second kappa shape index (κ2) is 8.58. The number of nitrogens with one attached hydrogen (secondary N) is 1. The largest absolute Gasteiger partial charge is 0.507 e. The molecule has 0 saturated carbocycles. The van der Waals surface area contributed by atoms with Crippen LogP contribution >= 0.6 is 0 Å². The molecule has 7 heteroatoms. The highest BCUT2D eigenvalue weighted by molar-refractivity contribution is 6.08. The average Bonchev–Trinajstić information content (AvgIpc) is 2.67. The van der Waals surface area contributed by atoms with Crippen LogP contribution in [0.25, 0.3) is 5.53 Å². The summed E-state index contributed by atoms with van der Waals surface area (Å²) < 4.78 is 9.69. The lowest BCUT2D eigenvalue weighted by Crippen LogP contribution is -2.79. The van der Waals surface area contributed by atoms with E-state index in [2.05, 4.69) is 4.74 Å². The second-order valence-electron chi connectivity index (χ2n) is 5.19. The Labute approximate surface area is 145 Å². The van der Waals surface area contributed by atoms with Gasteiger partial charge in [-0.2, -0.15) is 0 Å². The molecular formula is C18H19N3O4. The maximum absolute atomic E-state index is 12.8. The van der Waals surface area contributed by atoms with Crippen molar-refractivity contribution < 1.29 is 24.2 Å². The quantitative estimate of drug-likeness (QED) is 0.459. The number of rotatable bonds is 7. The molecule has 0 aromatic heterocycles. The van der Waals surface area contributed by atoms with Crippen molar-refractivity contribution in [3.63, 3.8) is 0 Å². The number of nitrogens with zero attached hydrogens (tertiary/aromatic N) is 2. The van der Waals surface area contributed by atoms with Crippen molar-refractivity contribution in [1.29, 1.82) is 0 Å². The molecule has 7 nitrogen and oxygen atoms in total. The fourth-order valence-corrected chi connectivity index (χ4v) is 2.31. The van der Waals surface area contributed by atoms with E-state index in [1.165, 1.54) is 4.90 Å². The Morgan fingerprint density at radius 2 is 1.72 bits per heavy atom. The number of ether oxygens (including phenoxy) is 2. The van der Waals surface area contributed by atoms with Crippen LogP contribution in [-0.4, -0.2) is 32.1 Å². The van der Waals surface area contributed by atoms with Gasteiger partial charge in [-0.25, -0.2) is 4.79 Å². The zero-order chi connectivity index (χ0) is 18.2. The van der Waals surface area contributed by atoms with E-state index in [4.69, 9.17) is 4.74 Å². The molecule has 1 atom stereocenters. The lowest BCUT2D eigenvalue weighted by atomic mass is 10.1. The van der Waals surface area contributed by atoms with Crippen molar-refractivity contribution in [3.8, 4) is 5.75 Å². The summed E-state index contributed by atoms with van der Waals surface area (Å²) >= 11 is 0. The van der Waals surface area contributed by atoms with E-state index in [1.54, 1.807) is 36.5 Å². The summed E-state index contributed by atoms with van der Waals surface area (Å²) in [4.78, 5) is 26.0. The van der Waals surface area contributed by atoms with Crippen molar-refractivity contribution in [2.45, 2.75) is 12.6 Å². The van der Waals surface area contributed by atoms with E-state index in [0.29, 0.717) is 11.4 Å². The number of carbonyl (C=O) groups excluding carboxylic acids is 2. The predicted octanol–water partition coefficient (Wildman–Crippen LogP) is 0.872. The van der Waals surface area contributed by atoms with E-state index < -0.39 is 17.9 Å². The molecule has 0 saturated heterocycles. The van der Waals surface area contributed by atoms with E-state index in [1.807, 2.05) is 30.3 Å². The van der Waals surface area contributed by atoms with Crippen molar-refractivity contribution >= 4 is 17.6 Å². The standard InChI is InChI=1S/C18H19N3O4/c1-24-15-10-8-14(9-11-15)21(12-13-6-4-3-5-7-13)17(22)16(20-19)18(23)25-2/h3-11,16,20H,12H2,1-2H3. The van der Waals surface area contributed by atoms with Crippen molar-refractivity contribution in [2.24, 2.45) is 0 Å². The van der Waals surface area contributed by atoms with Crippen LogP contribution in [-0.2, 0) is 20.9 Å². The lowest BCUT2D eigenvalue weighted by molar-refractivity contribution is -0.497. The van der Waals surface area contributed by atoms with Crippen LogP contribution in [0, 0.1) is 0 Å². The van der Waals surface area contributed by atoms with Gasteiger partial charge in [0, 0.05) is 5.69 Å². The number of amides is 1. The van der Waals surface area contributed by atoms with Gasteiger partial charge in [-0.1, -0.05) is 30.3 Å².